The Kier molecular flexibility index (Phi) is 10.4. The minimum absolute atomic E-state index is 0.0427. The van der Waals surface area contributed by atoms with Gasteiger partial charge in [0.2, 0.25) is 5.91 Å². The van der Waals surface area contributed by atoms with Gasteiger partial charge in [-0.2, -0.15) is 13.2 Å². The second-order valence-electron chi connectivity index (χ2n) is 12.0. The van der Waals surface area contributed by atoms with E-state index in [2.05, 4.69) is 51.0 Å². The van der Waals surface area contributed by atoms with Crippen molar-refractivity contribution in [1.29, 1.82) is 0 Å². The molecule has 1 aromatic heterocycles. The molecule has 0 N–H and O–H groups in total. The fourth-order valence-electron chi connectivity index (χ4n) is 6.27. The molecule has 0 bridgehead atoms. The lowest BCUT2D eigenvalue weighted by atomic mass is 10.0. The van der Waals surface area contributed by atoms with Crippen molar-refractivity contribution < 1.29 is 18.0 Å². The van der Waals surface area contributed by atoms with Crippen LogP contribution in [0.2, 0.25) is 0 Å². The number of likely N-dealkylation sites (tertiary alicyclic amines) is 2. The van der Waals surface area contributed by atoms with Crippen LogP contribution in [0.25, 0.3) is 6.08 Å². The molecule has 2 aromatic carbocycles. The average molecular weight is 606 g/mol. The molecule has 2 aliphatic rings. The monoisotopic (exact) mass is 605 g/mol. The van der Waals surface area contributed by atoms with E-state index < -0.39 is 11.7 Å². The van der Waals surface area contributed by atoms with E-state index in [4.69, 9.17) is 0 Å². The molecular weight excluding hydrogens is 563 g/mol. The smallest absolute Gasteiger partial charge is 0.345 e. The molecule has 234 valence electrons. The molecule has 0 aliphatic carbocycles. The predicted molar refractivity (Wildman–Crippen MR) is 170 cm³/mol. The molecule has 2 fully saturated rings. The van der Waals surface area contributed by atoms with E-state index in [9.17, 15) is 18.0 Å². The third-order valence-electron chi connectivity index (χ3n) is 8.99. The second kappa shape index (κ2) is 14.4. The van der Waals surface area contributed by atoms with Crippen molar-refractivity contribution >= 4 is 23.4 Å². The number of pyridine rings is 1. The largest absolute Gasteiger partial charge is 0.416 e. The summed E-state index contributed by atoms with van der Waals surface area (Å²) in [7, 11) is 4.18. The van der Waals surface area contributed by atoms with Crippen LogP contribution >= 0.6 is 0 Å². The van der Waals surface area contributed by atoms with Crippen molar-refractivity contribution in [1.82, 2.24) is 19.7 Å². The third-order valence-corrected chi connectivity index (χ3v) is 8.99. The Labute approximate surface area is 258 Å². The van der Waals surface area contributed by atoms with Crippen molar-refractivity contribution in [3.8, 4) is 0 Å². The first-order chi connectivity index (χ1) is 21.2. The van der Waals surface area contributed by atoms with Gasteiger partial charge in [0.1, 0.15) is 0 Å². The summed E-state index contributed by atoms with van der Waals surface area (Å²) in [6.07, 6.45) is 7.63. The van der Waals surface area contributed by atoms with Crippen LogP contribution in [0.5, 0.6) is 0 Å². The highest BCUT2D eigenvalue weighted by atomic mass is 19.4. The van der Waals surface area contributed by atoms with Gasteiger partial charge in [-0.15, -0.1) is 0 Å². The molecule has 1 atom stereocenters. The number of anilines is 2. The van der Waals surface area contributed by atoms with Crippen LogP contribution in [-0.4, -0.2) is 77.9 Å². The zero-order chi connectivity index (χ0) is 31.1. The molecule has 0 radical (unpaired) electrons. The first-order valence-electron chi connectivity index (χ1n) is 15.5. The first kappa shape index (κ1) is 31.7. The lowest BCUT2D eigenvalue weighted by Crippen LogP contribution is -2.50. The molecule has 6 nitrogen and oxygen atoms in total. The highest BCUT2D eigenvalue weighted by molar-refractivity contribution is 5.92. The molecule has 2 saturated heterocycles. The maximum Gasteiger partial charge on any atom is 0.416 e. The Morgan fingerprint density at radius 2 is 1.57 bits per heavy atom. The van der Waals surface area contributed by atoms with Gasteiger partial charge in [-0.25, -0.2) is 0 Å². The first-order valence-corrected chi connectivity index (χ1v) is 15.5. The number of carbonyl (C=O) groups is 1. The number of aromatic nitrogens is 1. The molecule has 1 amide bonds. The van der Waals surface area contributed by atoms with Crippen LogP contribution in [0, 0.1) is 0 Å². The molecule has 1 unspecified atom stereocenters. The zero-order valence-corrected chi connectivity index (χ0v) is 25.6. The van der Waals surface area contributed by atoms with Gasteiger partial charge < -0.3 is 14.7 Å². The molecule has 9 heteroatoms. The van der Waals surface area contributed by atoms with Crippen molar-refractivity contribution in [2.75, 3.05) is 45.2 Å². The van der Waals surface area contributed by atoms with Crippen LogP contribution in [0.3, 0.4) is 0 Å². The lowest BCUT2D eigenvalue weighted by Gasteiger charge is -2.40. The maximum absolute atomic E-state index is 13.9. The number of alkyl halides is 3. The lowest BCUT2D eigenvalue weighted by molar-refractivity contribution is -0.137. The van der Waals surface area contributed by atoms with Gasteiger partial charge in [0.15, 0.2) is 0 Å². The second-order valence-corrected chi connectivity index (χ2v) is 12.0. The van der Waals surface area contributed by atoms with Crippen molar-refractivity contribution in [2.24, 2.45) is 0 Å². The van der Waals surface area contributed by atoms with E-state index in [0.29, 0.717) is 18.2 Å². The van der Waals surface area contributed by atoms with E-state index >= 15 is 0 Å². The van der Waals surface area contributed by atoms with Gasteiger partial charge >= 0.3 is 6.18 Å². The number of hydrogen-bond acceptors (Lipinski definition) is 5. The average Bonchev–Trinajstić information content (AvgIpc) is 3.29. The normalized spacial score (nSPS) is 19.2. The van der Waals surface area contributed by atoms with Gasteiger partial charge in [-0.3, -0.25) is 14.7 Å². The Morgan fingerprint density at radius 1 is 0.909 bits per heavy atom. The standard InChI is InChI=1S/C35H42F3N5O/c1-40-23-18-32(19-24-40)42-22-4-3-5-33(26-42)43(34(44)15-10-27-6-11-29(12-7-27)35(36,37)38)25-28-8-13-30(14-9-28)41(2)31-16-20-39-21-17-31/h6-17,20-21,32-33H,3-5,18-19,22-26H2,1-2H3. The Morgan fingerprint density at radius 3 is 2.23 bits per heavy atom. The quantitative estimate of drug-likeness (QED) is 0.263. The highest BCUT2D eigenvalue weighted by Gasteiger charge is 2.32. The minimum atomic E-state index is -4.39. The minimum Gasteiger partial charge on any atom is -0.345 e. The molecule has 3 aromatic rings. The molecule has 3 heterocycles. The summed E-state index contributed by atoms with van der Waals surface area (Å²) >= 11 is 0. The summed E-state index contributed by atoms with van der Waals surface area (Å²) in [6.45, 7) is 4.51. The number of halogens is 3. The van der Waals surface area contributed by atoms with Gasteiger partial charge in [0.25, 0.3) is 0 Å². The van der Waals surface area contributed by atoms with Gasteiger partial charge in [-0.1, -0.05) is 30.7 Å². The number of rotatable bonds is 8. The molecule has 5 rings (SSSR count). The fraction of sp³-hybridized carbons (Fsp3) is 0.429. The molecule has 44 heavy (non-hydrogen) atoms. The molecular formula is C35H42F3N5O. The van der Waals surface area contributed by atoms with Gasteiger partial charge in [-0.05, 0) is 106 Å². The fourth-order valence-corrected chi connectivity index (χ4v) is 6.27. The number of hydrogen-bond donors (Lipinski definition) is 0. The Hall–Kier alpha value is -3.69. The van der Waals surface area contributed by atoms with Crippen LogP contribution in [0.4, 0.5) is 24.5 Å². The van der Waals surface area contributed by atoms with Crippen molar-refractivity contribution in [2.45, 2.75) is 56.9 Å². The zero-order valence-electron chi connectivity index (χ0n) is 25.6. The van der Waals surface area contributed by atoms with E-state index in [1.165, 1.54) is 18.2 Å². The third kappa shape index (κ3) is 8.27. The number of piperidine rings is 1. The summed E-state index contributed by atoms with van der Waals surface area (Å²) < 4.78 is 39.1. The topological polar surface area (TPSA) is 42.9 Å². The van der Waals surface area contributed by atoms with Gasteiger partial charge in [0, 0.05) is 62.1 Å². The Balaban J connectivity index is 1.36. The van der Waals surface area contributed by atoms with Crippen LogP contribution in [0.1, 0.15) is 48.8 Å². The van der Waals surface area contributed by atoms with Crippen LogP contribution in [0.15, 0.2) is 79.1 Å². The van der Waals surface area contributed by atoms with E-state index in [1.807, 2.05) is 24.1 Å². The number of amides is 1. The summed E-state index contributed by atoms with van der Waals surface area (Å²) in [5.41, 5.74) is 2.95. The summed E-state index contributed by atoms with van der Waals surface area (Å²) in [5.74, 6) is -0.127. The van der Waals surface area contributed by atoms with Crippen molar-refractivity contribution in [3.63, 3.8) is 0 Å². The van der Waals surface area contributed by atoms with E-state index in [0.717, 1.165) is 87.4 Å². The van der Waals surface area contributed by atoms with Crippen LogP contribution < -0.4 is 4.90 Å². The van der Waals surface area contributed by atoms with Crippen molar-refractivity contribution in [3.05, 3.63) is 95.8 Å². The SMILES string of the molecule is CN1CCC(N2CCCCC(N(Cc3ccc(N(C)c4ccncc4)cc3)C(=O)C=Cc3ccc(C(F)(F)F)cc3)C2)CC1. The molecule has 0 spiro atoms. The van der Waals surface area contributed by atoms with Crippen LogP contribution in [-0.2, 0) is 17.5 Å². The maximum atomic E-state index is 13.9. The molecule has 0 saturated carbocycles. The predicted octanol–water partition coefficient (Wildman–Crippen LogP) is 6.86. The number of nitrogens with zero attached hydrogens (tertiary/aromatic N) is 5. The highest BCUT2D eigenvalue weighted by Crippen LogP contribution is 2.30. The number of benzene rings is 2. The van der Waals surface area contributed by atoms with E-state index in [1.54, 1.807) is 18.5 Å². The number of carbonyl (C=O) groups excluding carboxylic acids is 1. The Bertz CT molecular complexity index is 1370. The summed E-state index contributed by atoms with van der Waals surface area (Å²) in [5, 5.41) is 0. The van der Waals surface area contributed by atoms with Gasteiger partial charge in [0.05, 0.1) is 5.56 Å². The summed E-state index contributed by atoms with van der Waals surface area (Å²) in [6, 6.07) is 17.7. The molecule has 2 aliphatic heterocycles. The van der Waals surface area contributed by atoms with E-state index in [-0.39, 0.29) is 11.9 Å². The summed E-state index contributed by atoms with van der Waals surface area (Å²) in [4.78, 5) is 27.0.